The van der Waals surface area contributed by atoms with Crippen molar-refractivity contribution in [1.29, 1.82) is 0 Å². The van der Waals surface area contributed by atoms with Gasteiger partial charge in [0, 0.05) is 23.9 Å². The lowest BCUT2D eigenvalue weighted by molar-refractivity contribution is 0.0526. The maximum atomic E-state index is 12.9. The first-order valence-electron chi connectivity index (χ1n) is 8.77. The summed E-state index contributed by atoms with van der Waals surface area (Å²) in [7, 11) is 0. The molecule has 2 heterocycles. The van der Waals surface area contributed by atoms with Crippen LogP contribution in [0.2, 0.25) is 0 Å². The maximum absolute atomic E-state index is 12.9. The van der Waals surface area contributed by atoms with Gasteiger partial charge in [0.25, 0.3) is 5.91 Å². The van der Waals surface area contributed by atoms with Crippen LogP contribution in [0.3, 0.4) is 0 Å². The van der Waals surface area contributed by atoms with Gasteiger partial charge in [0.15, 0.2) is 0 Å². The highest BCUT2D eigenvalue weighted by atomic mass is 16.5. The zero-order valence-electron chi connectivity index (χ0n) is 15.4. The lowest BCUT2D eigenvalue weighted by atomic mass is 10.0. The molecule has 5 heteroatoms. The zero-order chi connectivity index (χ0) is 18.0. The minimum Gasteiger partial charge on any atom is -0.472 e. The zero-order valence-corrected chi connectivity index (χ0v) is 15.4. The average molecular weight is 339 g/mol. The Morgan fingerprint density at radius 3 is 2.48 bits per heavy atom. The number of rotatable bonds is 3. The summed E-state index contributed by atoms with van der Waals surface area (Å²) in [6.07, 6.45) is 1.83. The highest BCUT2D eigenvalue weighted by molar-refractivity contribution is 5.94. The second-order valence-corrected chi connectivity index (χ2v) is 6.90. The van der Waals surface area contributed by atoms with Crippen LogP contribution in [-0.2, 0) is 0 Å². The number of likely N-dealkylation sites (tertiary alicyclic amines) is 1. The molecule has 1 aromatic carbocycles. The van der Waals surface area contributed by atoms with E-state index in [9.17, 15) is 4.79 Å². The van der Waals surface area contributed by atoms with Crippen molar-refractivity contribution in [3.8, 4) is 5.88 Å². The number of ether oxygens (including phenoxy) is 1. The number of nitrogens with zero attached hydrogens (tertiary/aromatic N) is 3. The van der Waals surface area contributed by atoms with Crippen molar-refractivity contribution in [2.75, 3.05) is 13.1 Å². The Morgan fingerprint density at radius 2 is 1.80 bits per heavy atom. The highest BCUT2D eigenvalue weighted by Gasteiger charge is 2.26. The van der Waals surface area contributed by atoms with Crippen molar-refractivity contribution in [2.45, 2.75) is 46.6 Å². The molecule has 5 nitrogen and oxygen atoms in total. The van der Waals surface area contributed by atoms with Gasteiger partial charge >= 0.3 is 0 Å². The van der Waals surface area contributed by atoms with Crippen LogP contribution < -0.4 is 4.74 Å². The standard InChI is InChI=1S/C20H25N3O2/c1-13-8-14(2)10-17(9-13)20(24)23-7-5-6-18(12-23)25-19-11-15(3)21-16(4)22-19/h8-11,18H,5-7,12H2,1-4H3. The molecule has 1 aromatic heterocycles. The molecule has 0 saturated carbocycles. The largest absolute Gasteiger partial charge is 0.472 e. The Balaban J connectivity index is 1.71. The van der Waals surface area contributed by atoms with Gasteiger partial charge in [-0.15, -0.1) is 0 Å². The van der Waals surface area contributed by atoms with Crippen LogP contribution in [0.15, 0.2) is 24.3 Å². The molecule has 1 aliphatic rings. The monoisotopic (exact) mass is 339 g/mol. The molecule has 2 aromatic rings. The van der Waals surface area contributed by atoms with Crippen molar-refractivity contribution in [1.82, 2.24) is 14.9 Å². The van der Waals surface area contributed by atoms with Gasteiger partial charge < -0.3 is 9.64 Å². The van der Waals surface area contributed by atoms with E-state index in [1.165, 1.54) is 0 Å². The smallest absolute Gasteiger partial charge is 0.253 e. The van der Waals surface area contributed by atoms with E-state index in [0.29, 0.717) is 18.2 Å². The van der Waals surface area contributed by atoms with Crippen LogP contribution in [0.5, 0.6) is 5.88 Å². The Bertz CT molecular complexity index is 748. The highest BCUT2D eigenvalue weighted by Crippen LogP contribution is 2.20. The number of aryl methyl sites for hydroxylation is 4. The number of carbonyl (C=O) groups is 1. The fourth-order valence-corrected chi connectivity index (χ4v) is 3.41. The van der Waals surface area contributed by atoms with E-state index in [1.807, 2.05) is 50.8 Å². The molecular weight excluding hydrogens is 314 g/mol. The number of hydrogen-bond acceptors (Lipinski definition) is 4. The summed E-state index contributed by atoms with van der Waals surface area (Å²) in [6, 6.07) is 7.84. The molecule has 1 fully saturated rings. The van der Waals surface area contributed by atoms with Crippen molar-refractivity contribution >= 4 is 5.91 Å². The number of carbonyl (C=O) groups excluding carboxylic acids is 1. The number of aromatic nitrogens is 2. The molecule has 0 N–H and O–H groups in total. The van der Waals surface area contributed by atoms with Gasteiger partial charge in [0.1, 0.15) is 11.9 Å². The first-order chi connectivity index (χ1) is 11.9. The maximum Gasteiger partial charge on any atom is 0.253 e. The number of benzene rings is 1. The summed E-state index contributed by atoms with van der Waals surface area (Å²) in [5.74, 6) is 1.37. The van der Waals surface area contributed by atoms with Crippen LogP contribution in [0.4, 0.5) is 0 Å². The van der Waals surface area contributed by atoms with E-state index in [-0.39, 0.29) is 12.0 Å². The van der Waals surface area contributed by atoms with E-state index in [4.69, 9.17) is 4.74 Å². The van der Waals surface area contributed by atoms with Gasteiger partial charge in [-0.05, 0) is 52.7 Å². The molecule has 3 rings (SSSR count). The molecule has 1 aliphatic heterocycles. The molecule has 1 saturated heterocycles. The van der Waals surface area contributed by atoms with Crippen molar-refractivity contribution in [2.24, 2.45) is 0 Å². The van der Waals surface area contributed by atoms with Gasteiger partial charge in [0.05, 0.1) is 6.54 Å². The topological polar surface area (TPSA) is 55.3 Å². The SMILES string of the molecule is Cc1cc(C)cc(C(=O)N2CCCC(Oc3cc(C)nc(C)n3)C2)c1. The Hall–Kier alpha value is -2.43. The summed E-state index contributed by atoms with van der Waals surface area (Å²) in [5, 5.41) is 0. The van der Waals surface area contributed by atoms with E-state index < -0.39 is 0 Å². The third-order valence-electron chi connectivity index (χ3n) is 4.36. The van der Waals surface area contributed by atoms with E-state index in [2.05, 4.69) is 16.0 Å². The number of piperidine rings is 1. The normalized spacial score (nSPS) is 17.4. The summed E-state index contributed by atoms with van der Waals surface area (Å²) < 4.78 is 6.04. The first kappa shape index (κ1) is 17.4. The summed E-state index contributed by atoms with van der Waals surface area (Å²) >= 11 is 0. The summed E-state index contributed by atoms with van der Waals surface area (Å²) in [5.41, 5.74) is 3.87. The summed E-state index contributed by atoms with van der Waals surface area (Å²) in [4.78, 5) is 23.4. The molecular formula is C20H25N3O2. The minimum atomic E-state index is -0.0303. The molecule has 0 radical (unpaired) electrons. The van der Waals surface area contributed by atoms with E-state index >= 15 is 0 Å². The van der Waals surface area contributed by atoms with Crippen molar-refractivity contribution in [3.05, 3.63) is 52.5 Å². The lowest BCUT2D eigenvalue weighted by Gasteiger charge is -2.32. The minimum absolute atomic E-state index is 0.0303. The molecule has 1 unspecified atom stereocenters. The number of hydrogen-bond donors (Lipinski definition) is 0. The Morgan fingerprint density at radius 1 is 1.08 bits per heavy atom. The summed E-state index contributed by atoms with van der Waals surface area (Å²) in [6.45, 7) is 9.19. The molecule has 0 aliphatic carbocycles. The van der Waals surface area contributed by atoms with Gasteiger partial charge in [-0.1, -0.05) is 17.2 Å². The van der Waals surface area contributed by atoms with Crippen LogP contribution in [0.25, 0.3) is 0 Å². The molecule has 25 heavy (non-hydrogen) atoms. The quantitative estimate of drug-likeness (QED) is 0.860. The van der Waals surface area contributed by atoms with Crippen LogP contribution in [0.1, 0.15) is 45.8 Å². The van der Waals surface area contributed by atoms with Crippen LogP contribution in [0, 0.1) is 27.7 Å². The van der Waals surface area contributed by atoms with E-state index in [0.717, 1.165) is 41.8 Å². The van der Waals surface area contributed by atoms with Gasteiger partial charge in [-0.2, -0.15) is 4.98 Å². The lowest BCUT2D eigenvalue weighted by Crippen LogP contribution is -2.44. The van der Waals surface area contributed by atoms with Crippen molar-refractivity contribution in [3.63, 3.8) is 0 Å². The van der Waals surface area contributed by atoms with Crippen LogP contribution >= 0.6 is 0 Å². The average Bonchev–Trinajstić information content (AvgIpc) is 2.52. The second-order valence-electron chi connectivity index (χ2n) is 6.90. The van der Waals surface area contributed by atoms with Gasteiger partial charge in [-0.3, -0.25) is 4.79 Å². The third kappa shape index (κ3) is 4.35. The molecule has 0 bridgehead atoms. The number of amides is 1. The van der Waals surface area contributed by atoms with Crippen molar-refractivity contribution < 1.29 is 9.53 Å². The fraction of sp³-hybridized carbons (Fsp3) is 0.450. The third-order valence-corrected chi connectivity index (χ3v) is 4.36. The molecule has 1 amide bonds. The predicted octanol–water partition coefficient (Wildman–Crippen LogP) is 3.39. The van der Waals surface area contributed by atoms with Gasteiger partial charge in [0.2, 0.25) is 5.88 Å². The fourth-order valence-electron chi connectivity index (χ4n) is 3.41. The van der Waals surface area contributed by atoms with E-state index in [1.54, 1.807) is 0 Å². The molecule has 1 atom stereocenters. The molecule has 0 spiro atoms. The van der Waals surface area contributed by atoms with Gasteiger partial charge in [-0.25, -0.2) is 4.98 Å². The Kier molecular flexibility index (Phi) is 5.02. The Labute approximate surface area is 149 Å². The molecule has 132 valence electrons. The first-order valence-corrected chi connectivity index (χ1v) is 8.77. The second kappa shape index (κ2) is 7.21. The van der Waals surface area contributed by atoms with Crippen LogP contribution in [-0.4, -0.2) is 40.0 Å². The predicted molar refractivity (Wildman–Crippen MR) is 97.0 cm³/mol.